The number of Topliss-reactive ketones (excluding diaryl/α,β-unsaturated/α-hetero) is 1. The maximum atomic E-state index is 12.2. The molecule has 0 unspecified atom stereocenters. The van der Waals surface area contributed by atoms with E-state index in [1.165, 1.54) is 25.7 Å². The largest absolute Gasteiger partial charge is 0.453 e. The van der Waals surface area contributed by atoms with Gasteiger partial charge in [0.2, 0.25) is 0 Å². The summed E-state index contributed by atoms with van der Waals surface area (Å²) in [7, 11) is 0. The molecule has 1 heterocycles. The van der Waals surface area contributed by atoms with Gasteiger partial charge >= 0.3 is 0 Å². The Morgan fingerprint density at radius 1 is 1.32 bits per heavy atom. The SMILES string of the molecule is Cc1cccc2cc(C(=O)CCC3CCCC3)oc12. The molecule has 1 aromatic carbocycles. The van der Waals surface area contributed by atoms with E-state index in [0.29, 0.717) is 12.2 Å². The van der Waals surface area contributed by atoms with E-state index in [-0.39, 0.29) is 5.78 Å². The minimum absolute atomic E-state index is 0.155. The molecule has 1 aliphatic rings. The van der Waals surface area contributed by atoms with Crippen molar-refractivity contribution in [2.75, 3.05) is 0 Å². The zero-order valence-electron chi connectivity index (χ0n) is 11.4. The minimum Gasteiger partial charge on any atom is -0.453 e. The van der Waals surface area contributed by atoms with E-state index in [0.717, 1.165) is 28.9 Å². The van der Waals surface area contributed by atoms with Crippen LogP contribution in [0, 0.1) is 12.8 Å². The van der Waals surface area contributed by atoms with Crippen LogP contribution in [0.5, 0.6) is 0 Å². The summed E-state index contributed by atoms with van der Waals surface area (Å²) >= 11 is 0. The monoisotopic (exact) mass is 256 g/mol. The van der Waals surface area contributed by atoms with E-state index in [2.05, 4.69) is 0 Å². The van der Waals surface area contributed by atoms with E-state index in [1.54, 1.807) is 0 Å². The third-order valence-electron chi connectivity index (χ3n) is 4.27. The number of para-hydroxylation sites is 1. The smallest absolute Gasteiger partial charge is 0.198 e. The Labute approximate surface area is 113 Å². The summed E-state index contributed by atoms with van der Waals surface area (Å²) in [5.74, 6) is 1.44. The summed E-state index contributed by atoms with van der Waals surface area (Å²) in [6.45, 7) is 2.01. The third kappa shape index (κ3) is 2.58. The van der Waals surface area contributed by atoms with Crippen LogP contribution in [0.15, 0.2) is 28.7 Å². The number of hydrogen-bond donors (Lipinski definition) is 0. The lowest BCUT2D eigenvalue weighted by Gasteiger charge is -2.06. The Morgan fingerprint density at radius 3 is 2.84 bits per heavy atom. The molecule has 0 spiro atoms. The number of benzene rings is 1. The predicted octanol–water partition coefficient (Wildman–Crippen LogP) is 4.89. The van der Waals surface area contributed by atoms with Crippen molar-refractivity contribution < 1.29 is 9.21 Å². The second kappa shape index (κ2) is 5.20. The van der Waals surface area contributed by atoms with Gasteiger partial charge in [-0.15, -0.1) is 0 Å². The molecule has 19 heavy (non-hydrogen) atoms. The molecule has 100 valence electrons. The van der Waals surface area contributed by atoms with E-state index in [1.807, 2.05) is 31.2 Å². The number of aryl methyl sites for hydroxylation is 1. The van der Waals surface area contributed by atoms with Crippen molar-refractivity contribution >= 4 is 16.8 Å². The Kier molecular flexibility index (Phi) is 3.41. The Bertz CT molecular complexity index is 588. The van der Waals surface area contributed by atoms with Crippen molar-refractivity contribution in [3.63, 3.8) is 0 Å². The van der Waals surface area contributed by atoms with Crippen LogP contribution in [0.25, 0.3) is 11.0 Å². The highest BCUT2D eigenvalue weighted by Crippen LogP contribution is 2.30. The number of carbonyl (C=O) groups is 1. The van der Waals surface area contributed by atoms with Crippen LogP contribution in [-0.4, -0.2) is 5.78 Å². The van der Waals surface area contributed by atoms with Gasteiger partial charge in [-0.05, 0) is 30.9 Å². The van der Waals surface area contributed by atoms with Gasteiger partial charge in [0.25, 0.3) is 0 Å². The molecular formula is C17H20O2. The zero-order valence-corrected chi connectivity index (χ0v) is 11.4. The molecule has 1 saturated carbocycles. The Balaban J connectivity index is 1.72. The van der Waals surface area contributed by atoms with Gasteiger partial charge in [-0.2, -0.15) is 0 Å². The van der Waals surface area contributed by atoms with Crippen LogP contribution < -0.4 is 0 Å². The normalized spacial score (nSPS) is 16.3. The van der Waals surface area contributed by atoms with Crippen molar-refractivity contribution in [1.82, 2.24) is 0 Å². The number of hydrogen-bond acceptors (Lipinski definition) is 2. The molecule has 0 aliphatic heterocycles. The molecular weight excluding hydrogens is 236 g/mol. The third-order valence-corrected chi connectivity index (χ3v) is 4.27. The molecule has 1 fully saturated rings. The molecule has 0 atom stereocenters. The molecule has 1 aromatic heterocycles. The van der Waals surface area contributed by atoms with E-state index in [9.17, 15) is 4.79 Å². The molecule has 2 nitrogen and oxygen atoms in total. The highest BCUT2D eigenvalue weighted by atomic mass is 16.3. The van der Waals surface area contributed by atoms with E-state index in [4.69, 9.17) is 4.42 Å². The second-order valence-corrected chi connectivity index (χ2v) is 5.72. The van der Waals surface area contributed by atoms with E-state index >= 15 is 0 Å². The number of furan rings is 1. The fraction of sp³-hybridized carbons (Fsp3) is 0.471. The molecule has 3 rings (SSSR count). The summed E-state index contributed by atoms with van der Waals surface area (Å²) < 4.78 is 5.73. The summed E-state index contributed by atoms with van der Waals surface area (Å²) in [5.41, 5.74) is 1.94. The van der Waals surface area contributed by atoms with Gasteiger partial charge in [-0.3, -0.25) is 4.79 Å². The maximum Gasteiger partial charge on any atom is 0.198 e. The topological polar surface area (TPSA) is 30.2 Å². The first kappa shape index (κ1) is 12.5. The van der Waals surface area contributed by atoms with Crippen LogP contribution in [-0.2, 0) is 0 Å². The minimum atomic E-state index is 0.155. The lowest BCUT2D eigenvalue weighted by Crippen LogP contribution is -2.01. The summed E-state index contributed by atoms with van der Waals surface area (Å²) in [5, 5.41) is 1.03. The van der Waals surface area contributed by atoms with Crippen LogP contribution in [0.3, 0.4) is 0 Å². The fourth-order valence-corrected chi connectivity index (χ4v) is 3.10. The first-order valence-corrected chi connectivity index (χ1v) is 7.26. The zero-order chi connectivity index (χ0) is 13.2. The number of ketones is 1. The molecule has 0 amide bonds. The highest BCUT2D eigenvalue weighted by molar-refractivity contribution is 5.98. The second-order valence-electron chi connectivity index (χ2n) is 5.72. The number of rotatable bonds is 4. The first-order valence-electron chi connectivity index (χ1n) is 7.26. The van der Waals surface area contributed by atoms with E-state index < -0.39 is 0 Å². The van der Waals surface area contributed by atoms with Crippen molar-refractivity contribution in [2.24, 2.45) is 5.92 Å². The molecule has 2 aromatic rings. The molecule has 0 radical (unpaired) electrons. The Morgan fingerprint density at radius 2 is 2.11 bits per heavy atom. The van der Waals surface area contributed by atoms with Crippen molar-refractivity contribution in [1.29, 1.82) is 0 Å². The van der Waals surface area contributed by atoms with Gasteiger partial charge in [0, 0.05) is 11.8 Å². The molecule has 1 aliphatic carbocycles. The molecule has 0 N–H and O–H groups in total. The molecule has 0 saturated heterocycles. The van der Waals surface area contributed by atoms with Crippen LogP contribution in [0.2, 0.25) is 0 Å². The standard InChI is InChI=1S/C17H20O2/c1-12-5-4-8-14-11-16(19-17(12)14)15(18)10-9-13-6-2-3-7-13/h4-5,8,11,13H,2-3,6-7,9-10H2,1H3. The number of carbonyl (C=O) groups excluding carboxylic acids is 1. The van der Waals surface area contributed by atoms with Gasteiger partial charge in [-0.25, -0.2) is 0 Å². The van der Waals surface area contributed by atoms with Gasteiger partial charge in [0.15, 0.2) is 11.5 Å². The average Bonchev–Trinajstić information content (AvgIpc) is 3.05. The van der Waals surface area contributed by atoms with Crippen molar-refractivity contribution in [3.05, 3.63) is 35.6 Å². The lowest BCUT2D eigenvalue weighted by atomic mass is 9.99. The van der Waals surface area contributed by atoms with Gasteiger partial charge in [0.05, 0.1) is 0 Å². The van der Waals surface area contributed by atoms with Gasteiger partial charge in [0.1, 0.15) is 5.58 Å². The van der Waals surface area contributed by atoms with Crippen molar-refractivity contribution in [3.8, 4) is 0 Å². The molecule has 2 heteroatoms. The molecule has 0 bridgehead atoms. The van der Waals surface area contributed by atoms with Crippen LogP contribution >= 0.6 is 0 Å². The summed E-state index contributed by atoms with van der Waals surface area (Å²) in [4.78, 5) is 12.2. The average molecular weight is 256 g/mol. The van der Waals surface area contributed by atoms with Crippen LogP contribution in [0.4, 0.5) is 0 Å². The van der Waals surface area contributed by atoms with Gasteiger partial charge < -0.3 is 4.42 Å². The maximum absolute atomic E-state index is 12.2. The van der Waals surface area contributed by atoms with Crippen LogP contribution in [0.1, 0.15) is 54.6 Å². The predicted molar refractivity (Wildman–Crippen MR) is 76.5 cm³/mol. The number of fused-ring (bicyclic) bond motifs is 1. The summed E-state index contributed by atoms with van der Waals surface area (Å²) in [6, 6.07) is 7.90. The summed E-state index contributed by atoms with van der Waals surface area (Å²) in [6.07, 6.45) is 6.92. The quantitative estimate of drug-likeness (QED) is 0.729. The first-order chi connectivity index (χ1) is 9.24. The Hall–Kier alpha value is -1.57. The lowest BCUT2D eigenvalue weighted by molar-refractivity contribution is 0.0949. The van der Waals surface area contributed by atoms with Gasteiger partial charge in [-0.1, -0.05) is 43.9 Å². The fourth-order valence-electron chi connectivity index (χ4n) is 3.10. The highest BCUT2D eigenvalue weighted by Gasteiger charge is 2.18. The van der Waals surface area contributed by atoms with Crippen molar-refractivity contribution in [2.45, 2.75) is 45.4 Å².